The molecule has 0 spiro atoms. The summed E-state index contributed by atoms with van der Waals surface area (Å²) in [6, 6.07) is 15.7. The average Bonchev–Trinajstić information content (AvgIpc) is 3.51. The standard InChI is InChI=1S/C28H35NO5/c1-20-17-29(27(30)14-15-28(31)33-19-21-8-4-3-5-9-21)18-24(20)22-12-13-25(32-2)26(16-22)34-23-10-6-7-11-23/h3-5,8-9,12-13,16,20,23-24H,6-7,10-11,14-15,17-19H2,1-2H3/t20-,24+/m0/s1. The van der Waals surface area contributed by atoms with Crippen LogP contribution >= 0.6 is 0 Å². The number of ether oxygens (including phenoxy) is 3. The van der Waals surface area contributed by atoms with Crippen LogP contribution in [0.1, 0.15) is 62.5 Å². The summed E-state index contributed by atoms with van der Waals surface area (Å²) in [6.07, 6.45) is 5.12. The van der Waals surface area contributed by atoms with Crippen molar-refractivity contribution in [2.24, 2.45) is 5.92 Å². The predicted molar refractivity (Wildman–Crippen MR) is 130 cm³/mol. The SMILES string of the molecule is COc1ccc([C@@H]2CN(C(=O)CCC(=O)OCc3ccccc3)C[C@@H]2C)cc1OC1CCCC1. The molecule has 6 heteroatoms. The predicted octanol–water partition coefficient (Wildman–Crippen LogP) is 5.10. The number of methoxy groups -OCH3 is 1. The van der Waals surface area contributed by atoms with Gasteiger partial charge in [0.25, 0.3) is 0 Å². The van der Waals surface area contributed by atoms with Crippen LogP contribution in [0.2, 0.25) is 0 Å². The van der Waals surface area contributed by atoms with E-state index in [9.17, 15) is 9.59 Å². The summed E-state index contributed by atoms with van der Waals surface area (Å²) in [4.78, 5) is 26.8. The van der Waals surface area contributed by atoms with Crippen molar-refractivity contribution in [1.82, 2.24) is 4.90 Å². The van der Waals surface area contributed by atoms with Crippen molar-refractivity contribution in [1.29, 1.82) is 0 Å². The minimum atomic E-state index is -0.343. The van der Waals surface area contributed by atoms with E-state index in [1.54, 1.807) is 7.11 Å². The largest absolute Gasteiger partial charge is 0.493 e. The number of nitrogens with zero attached hydrogens (tertiary/aromatic N) is 1. The van der Waals surface area contributed by atoms with Gasteiger partial charge in [-0.15, -0.1) is 0 Å². The Balaban J connectivity index is 1.31. The van der Waals surface area contributed by atoms with Crippen molar-refractivity contribution < 1.29 is 23.8 Å². The summed E-state index contributed by atoms with van der Waals surface area (Å²) in [7, 11) is 1.67. The third-order valence-corrected chi connectivity index (χ3v) is 6.96. The smallest absolute Gasteiger partial charge is 0.306 e. The van der Waals surface area contributed by atoms with Crippen LogP contribution in [0.25, 0.3) is 0 Å². The van der Waals surface area contributed by atoms with Crippen molar-refractivity contribution in [3.05, 3.63) is 59.7 Å². The highest BCUT2D eigenvalue weighted by Gasteiger charge is 2.34. The fraction of sp³-hybridized carbons (Fsp3) is 0.500. The first-order valence-electron chi connectivity index (χ1n) is 12.4. The molecule has 0 bridgehead atoms. The highest BCUT2D eigenvalue weighted by molar-refractivity contribution is 5.81. The molecule has 2 atom stereocenters. The van der Waals surface area contributed by atoms with Crippen LogP contribution in [-0.2, 0) is 20.9 Å². The molecule has 1 aliphatic carbocycles. The lowest BCUT2D eigenvalue weighted by molar-refractivity contribution is -0.147. The number of carbonyl (C=O) groups is 2. The zero-order chi connectivity index (χ0) is 23.9. The molecule has 6 nitrogen and oxygen atoms in total. The maximum atomic E-state index is 12.8. The lowest BCUT2D eigenvalue weighted by atomic mass is 9.90. The van der Waals surface area contributed by atoms with Gasteiger partial charge in [-0.25, -0.2) is 0 Å². The highest BCUT2D eigenvalue weighted by Crippen LogP contribution is 2.38. The van der Waals surface area contributed by atoms with Crippen LogP contribution in [0, 0.1) is 5.92 Å². The molecule has 1 aliphatic heterocycles. The van der Waals surface area contributed by atoms with Crippen LogP contribution < -0.4 is 9.47 Å². The summed E-state index contributed by atoms with van der Waals surface area (Å²) < 4.78 is 17.1. The topological polar surface area (TPSA) is 65.1 Å². The maximum Gasteiger partial charge on any atom is 0.306 e. The molecule has 2 fully saturated rings. The highest BCUT2D eigenvalue weighted by atomic mass is 16.5. The number of likely N-dealkylation sites (tertiary alicyclic amines) is 1. The molecule has 4 rings (SSSR count). The molecule has 34 heavy (non-hydrogen) atoms. The lowest BCUT2D eigenvalue weighted by Gasteiger charge is -2.20. The molecular weight excluding hydrogens is 430 g/mol. The molecule has 1 amide bonds. The minimum absolute atomic E-state index is 0.00181. The molecule has 2 aromatic rings. The lowest BCUT2D eigenvalue weighted by Crippen LogP contribution is -2.29. The summed E-state index contributed by atoms with van der Waals surface area (Å²) in [5, 5.41) is 0. The van der Waals surface area contributed by atoms with E-state index in [0.29, 0.717) is 19.0 Å². The van der Waals surface area contributed by atoms with E-state index < -0.39 is 0 Å². The first-order chi connectivity index (χ1) is 16.5. The van der Waals surface area contributed by atoms with E-state index in [-0.39, 0.29) is 43.3 Å². The van der Waals surface area contributed by atoms with E-state index >= 15 is 0 Å². The Morgan fingerprint density at radius 1 is 0.971 bits per heavy atom. The third-order valence-electron chi connectivity index (χ3n) is 6.96. The third kappa shape index (κ3) is 6.10. The Labute approximate surface area is 202 Å². The van der Waals surface area contributed by atoms with Gasteiger partial charge in [0.15, 0.2) is 11.5 Å². The molecule has 182 valence electrons. The number of hydrogen-bond acceptors (Lipinski definition) is 5. The van der Waals surface area contributed by atoms with Crippen molar-refractivity contribution in [3.63, 3.8) is 0 Å². The Bertz CT molecular complexity index is 970. The van der Waals surface area contributed by atoms with Crippen LogP contribution in [0.5, 0.6) is 11.5 Å². The summed E-state index contributed by atoms with van der Waals surface area (Å²) in [5.74, 6) is 1.76. The normalized spacial score (nSPS) is 20.4. The van der Waals surface area contributed by atoms with Gasteiger partial charge in [-0.3, -0.25) is 9.59 Å². The summed E-state index contributed by atoms with van der Waals surface area (Å²) in [5.41, 5.74) is 2.10. The Morgan fingerprint density at radius 3 is 2.47 bits per heavy atom. The molecule has 2 aromatic carbocycles. The van der Waals surface area contributed by atoms with Crippen molar-refractivity contribution in [3.8, 4) is 11.5 Å². The molecule has 0 unspecified atom stereocenters. The monoisotopic (exact) mass is 465 g/mol. The molecule has 2 aliphatic rings. The van der Waals surface area contributed by atoms with Crippen molar-refractivity contribution in [2.75, 3.05) is 20.2 Å². The second kappa shape index (κ2) is 11.4. The summed E-state index contributed by atoms with van der Waals surface area (Å²) in [6.45, 7) is 3.74. The van der Waals surface area contributed by atoms with Gasteiger partial charge in [0.05, 0.1) is 19.6 Å². The maximum absolute atomic E-state index is 12.8. The number of rotatable bonds is 9. The quantitative estimate of drug-likeness (QED) is 0.482. The molecule has 0 aromatic heterocycles. The second-order valence-electron chi connectivity index (χ2n) is 9.46. The van der Waals surface area contributed by atoms with Crippen LogP contribution in [0.3, 0.4) is 0 Å². The fourth-order valence-corrected chi connectivity index (χ4v) is 4.98. The first-order valence-corrected chi connectivity index (χ1v) is 12.4. The zero-order valence-corrected chi connectivity index (χ0v) is 20.2. The van der Waals surface area contributed by atoms with Crippen LogP contribution in [-0.4, -0.2) is 43.1 Å². The van der Waals surface area contributed by atoms with Gasteiger partial charge in [0, 0.05) is 25.4 Å². The minimum Gasteiger partial charge on any atom is -0.493 e. The number of amides is 1. The molecule has 1 heterocycles. The van der Waals surface area contributed by atoms with Gasteiger partial charge in [-0.05, 0) is 54.9 Å². The van der Waals surface area contributed by atoms with Gasteiger partial charge in [-0.2, -0.15) is 0 Å². The molecular formula is C28H35NO5. The molecule has 0 N–H and O–H groups in total. The molecule has 1 saturated heterocycles. The Hall–Kier alpha value is -3.02. The van der Waals surface area contributed by atoms with Gasteiger partial charge in [0.1, 0.15) is 6.61 Å². The van der Waals surface area contributed by atoms with Crippen molar-refractivity contribution >= 4 is 11.9 Å². The zero-order valence-electron chi connectivity index (χ0n) is 20.2. The van der Waals surface area contributed by atoms with Gasteiger partial charge >= 0.3 is 5.97 Å². The van der Waals surface area contributed by atoms with E-state index in [4.69, 9.17) is 14.2 Å². The number of carbonyl (C=O) groups excluding carboxylic acids is 2. The van der Waals surface area contributed by atoms with Crippen molar-refractivity contribution in [2.45, 2.75) is 64.1 Å². The second-order valence-corrected chi connectivity index (χ2v) is 9.46. The fourth-order valence-electron chi connectivity index (χ4n) is 4.98. The Kier molecular flexibility index (Phi) is 8.09. The average molecular weight is 466 g/mol. The number of hydrogen-bond donors (Lipinski definition) is 0. The number of esters is 1. The van der Waals surface area contributed by atoms with E-state index in [2.05, 4.69) is 19.1 Å². The number of benzene rings is 2. The van der Waals surface area contributed by atoms with Crippen LogP contribution in [0.4, 0.5) is 0 Å². The molecule has 1 saturated carbocycles. The van der Waals surface area contributed by atoms with E-state index in [1.165, 1.54) is 18.4 Å². The Morgan fingerprint density at radius 2 is 1.74 bits per heavy atom. The van der Waals surface area contributed by atoms with E-state index in [1.807, 2.05) is 41.3 Å². The van der Waals surface area contributed by atoms with Gasteiger partial charge in [-0.1, -0.05) is 43.3 Å². The van der Waals surface area contributed by atoms with Crippen LogP contribution in [0.15, 0.2) is 48.5 Å². The first kappa shape index (κ1) is 24.1. The molecule has 0 radical (unpaired) electrons. The summed E-state index contributed by atoms with van der Waals surface area (Å²) >= 11 is 0. The van der Waals surface area contributed by atoms with Gasteiger partial charge in [0.2, 0.25) is 5.91 Å². The van der Waals surface area contributed by atoms with Gasteiger partial charge < -0.3 is 19.1 Å². The van der Waals surface area contributed by atoms with E-state index in [0.717, 1.165) is 29.9 Å².